The quantitative estimate of drug-likeness (QED) is 0.582. The maximum absolute atomic E-state index is 12.7. The summed E-state index contributed by atoms with van der Waals surface area (Å²) >= 11 is 0. The molecule has 0 spiro atoms. The molecule has 30 heavy (non-hydrogen) atoms. The highest BCUT2D eigenvalue weighted by atomic mass is 32.2. The minimum absolute atomic E-state index is 0.320. The van der Waals surface area contributed by atoms with Crippen molar-refractivity contribution in [2.75, 3.05) is 23.7 Å². The van der Waals surface area contributed by atoms with E-state index in [-0.39, 0.29) is 5.91 Å². The highest BCUT2D eigenvalue weighted by Gasteiger charge is 2.30. The SMILES string of the molecule is CCOc1ccccc1CCCNC(=O)[C@@H](C)N(c1cc(C)ccc1C)S(C)(=O)=O. The van der Waals surface area contributed by atoms with Crippen molar-refractivity contribution in [3.63, 3.8) is 0 Å². The van der Waals surface area contributed by atoms with Crippen molar-refractivity contribution in [1.82, 2.24) is 5.32 Å². The molecule has 0 heterocycles. The number of carbonyl (C=O) groups is 1. The van der Waals surface area contributed by atoms with Gasteiger partial charge in [-0.15, -0.1) is 0 Å². The van der Waals surface area contributed by atoms with Crippen LogP contribution < -0.4 is 14.4 Å². The summed E-state index contributed by atoms with van der Waals surface area (Å²) < 4.78 is 31.8. The van der Waals surface area contributed by atoms with Gasteiger partial charge in [-0.05, 0) is 69.4 Å². The Morgan fingerprint density at radius 2 is 1.87 bits per heavy atom. The first kappa shape index (κ1) is 23.7. The standard InChI is InChI=1S/C23H32N2O4S/c1-6-29-22-12-8-7-10-20(22)11-9-15-24-23(26)19(4)25(30(5,27)28)21-16-17(2)13-14-18(21)3/h7-8,10,12-14,16,19H,6,9,11,15H2,1-5H3,(H,24,26)/t19-/m1/s1. The predicted molar refractivity (Wildman–Crippen MR) is 122 cm³/mol. The van der Waals surface area contributed by atoms with Gasteiger partial charge in [0.15, 0.2) is 0 Å². The van der Waals surface area contributed by atoms with E-state index in [4.69, 9.17) is 4.74 Å². The molecular weight excluding hydrogens is 400 g/mol. The van der Waals surface area contributed by atoms with E-state index in [1.165, 1.54) is 4.31 Å². The lowest BCUT2D eigenvalue weighted by Crippen LogP contribution is -2.48. The Morgan fingerprint density at radius 1 is 1.17 bits per heavy atom. The van der Waals surface area contributed by atoms with Crippen LogP contribution in [0, 0.1) is 13.8 Å². The number of benzene rings is 2. The van der Waals surface area contributed by atoms with Gasteiger partial charge < -0.3 is 10.1 Å². The van der Waals surface area contributed by atoms with Crippen LogP contribution in [-0.2, 0) is 21.2 Å². The molecule has 0 unspecified atom stereocenters. The van der Waals surface area contributed by atoms with Crippen molar-refractivity contribution in [2.45, 2.75) is 46.6 Å². The number of nitrogens with zero attached hydrogens (tertiary/aromatic N) is 1. The number of hydrogen-bond donors (Lipinski definition) is 1. The first-order valence-electron chi connectivity index (χ1n) is 10.2. The molecule has 7 heteroatoms. The molecule has 0 aliphatic carbocycles. The largest absolute Gasteiger partial charge is 0.494 e. The number of rotatable bonds is 10. The van der Waals surface area contributed by atoms with Crippen LogP contribution in [0.3, 0.4) is 0 Å². The van der Waals surface area contributed by atoms with Gasteiger partial charge in [0.2, 0.25) is 15.9 Å². The molecule has 1 N–H and O–H groups in total. The van der Waals surface area contributed by atoms with Gasteiger partial charge in [0.05, 0.1) is 18.6 Å². The molecule has 2 rings (SSSR count). The number of amides is 1. The Balaban J connectivity index is 2.04. The van der Waals surface area contributed by atoms with Gasteiger partial charge in [-0.2, -0.15) is 0 Å². The van der Waals surface area contributed by atoms with E-state index in [0.717, 1.165) is 41.5 Å². The summed E-state index contributed by atoms with van der Waals surface area (Å²) in [6.07, 6.45) is 2.62. The fourth-order valence-electron chi connectivity index (χ4n) is 3.38. The maximum atomic E-state index is 12.7. The zero-order valence-electron chi connectivity index (χ0n) is 18.4. The van der Waals surface area contributed by atoms with Crippen LogP contribution in [0.4, 0.5) is 5.69 Å². The van der Waals surface area contributed by atoms with Crippen molar-refractivity contribution < 1.29 is 17.9 Å². The number of aryl methyl sites for hydroxylation is 3. The Hall–Kier alpha value is -2.54. The van der Waals surface area contributed by atoms with Crippen LogP contribution in [0.15, 0.2) is 42.5 Å². The molecule has 0 saturated carbocycles. The second kappa shape index (κ2) is 10.5. The number of anilines is 1. The fourth-order valence-corrected chi connectivity index (χ4v) is 4.61. The zero-order valence-corrected chi connectivity index (χ0v) is 19.3. The molecular formula is C23H32N2O4S. The summed E-state index contributed by atoms with van der Waals surface area (Å²) in [7, 11) is -3.63. The molecule has 0 bridgehead atoms. The molecule has 0 aliphatic rings. The van der Waals surface area contributed by atoms with Gasteiger partial charge in [-0.25, -0.2) is 8.42 Å². The number of hydrogen-bond acceptors (Lipinski definition) is 4. The Labute approximate surface area is 180 Å². The number of ether oxygens (including phenoxy) is 1. The molecule has 0 radical (unpaired) electrons. The van der Waals surface area contributed by atoms with Crippen LogP contribution in [0.5, 0.6) is 5.75 Å². The van der Waals surface area contributed by atoms with E-state index in [2.05, 4.69) is 5.32 Å². The Morgan fingerprint density at radius 3 is 2.53 bits per heavy atom. The average Bonchev–Trinajstić information content (AvgIpc) is 2.68. The van der Waals surface area contributed by atoms with E-state index < -0.39 is 16.1 Å². The molecule has 0 aromatic heterocycles. The van der Waals surface area contributed by atoms with Crippen molar-refractivity contribution in [1.29, 1.82) is 0 Å². The predicted octanol–water partition coefficient (Wildman–Crippen LogP) is 3.61. The van der Waals surface area contributed by atoms with Crippen LogP contribution in [-0.4, -0.2) is 39.8 Å². The van der Waals surface area contributed by atoms with Gasteiger partial charge in [-0.1, -0.05) is 30.3 Å². The fraction of sp³-hybridized carbons (Fsp3) is 0.435. The minimum Gasteiger partial charge on any atom is -0.494 e. The van der Waals surface area contributed by atoms with Crippen LogP contribution >= 0.6 is 0 Å². The third-order valence-corrected chi connectivity index (χ3v) is 6.11. The van der Waals surface area contributed by atoms with Crippen LogP contribution in [0.2, 0.25) is 0 Å². The highest BCUT2D eigenvalue weighted by molar-refractivity contribution is 7.92. The van der Waals surface area contributed by atoms with Gasteiger partial charge in [0.1, 0.15) is 11.8 Å². The van der Waals surface area contributed by atoms with Crippen molar-refractivity contribution in [3.8, 4) is 5.75 Å². The Kier molecular flexibility index (Phi) is 8.29. The zero-order chi connectivity index (χ0) is 22.3. The lowest BCUT2D eigenvalue weighted by molar-refractivity contribution is -0.121. The van der Waals surface area contributed by atoms with Gasteiger partial charge in [0.25, 0.3) is 0 Å². The summed E-state index contributed by atoms with van der Waals surface area (Å²) in [5.74, 6) is 0.539. The lowest BCUT2D eigenvalue weighted by Gasteiger charge is -2.29. The van der Waals surface area contributed by atoms with E-state index >= 15 is 0 Å². The lowest BCUT2D eigenvalue weighted by atomic mass is 10.1. The number of carbonyl (C=O) groups excluding carboxylic acids is 1. The average molecular weight is 433 g/mol. The molecule has 0 fully saturated rings. The first-order chi connectivity index (χ1) is 14.1. The second-order valence-electron chi connectivity index (χ2n) is 7.46. The molecule has 1 amide bonds. The molecule has 2 aromatic carbocycles. The first-order valence-corrected chi connectivity index (χ1v) is 12.0. The normalized spacial score (nSPS) is 12.3. The Bertz CT molecular complexity index is 973. The van der Waals surface area contributed by atoms with Gasteiger partial charge in [0, 0.05) is 6.54 Å². The van der Waals surface area contributed by atoms with Crippen molar-refractivity contribution in [3.05, 3.63) is 59.2 Å². The minimum atomic E-state index is -3.63. The molecule has 0 aliphatic heterocycles. The van der Waals surface area contributed by atoms with E-state index in [1.54, 1.807) is 13.0 Å². The molecule has 2 aromatic rings. The molecule has 164 valence electrons. The summed E-state index contributed by atoms with van der Waals surface area (Å²) in [5.41, 5.74) is 3.36. The number of sulfonamides is 1. The van der Waals surface area contributed by atoms with Gasteiger partial charge in [-0.3, -0.25) is 9.10 Å². The summed E-state index contributed by atoms with van der Waals surface area (Å²) in [6.45, 7) is 8.35. The summed E-state index contributed by atoms with van der Waals surface area (Å²) in [4.78, 5) is 12.7. The maximum Gasteiger partial charge on any atom is 0.243 e. The van der Waals surface area contributed by atoms with Crippen molar-refractivity contribution >= 4 is 21.6 Å². The smallest absolute Gasteiger partial charge is 0.243 e. The molecule has 1 atom stereocenters. The number of para-hydroxylation sites is 1. The van der Waals surface area contributed by atoms with E-state index in [1.807, 2.05) is 57.2 Å². The topological polar surface area (TPSA) is 75.7 Å². The van der Waals surface area contributed by atoms with Crippen LogP contribution in [0.25, 0.3) is 0 Å². The van der Waals surface area contributed by atoms with Crippen molar-refractivity contribution in [2.24, 2.45) is 0 Å². The monoisotopic (exact) mass is 432 g/mol. The summed E-state index contributed by atoms with van der Waals surface area (Å²) in [5, 5.41) is 2.87. The third kappa shape index (κ3) is 6.23. The molecule has 0 saturated heterocycles. The summed E-state index contributed by atoms with van der Waals surface area (Å²) in [6, 6.07) is 12.6. The third-order valence-electron chi connectivity index (χ3n) is 4.89. The number of nitrogens with one attached hydrogen (secondary N) is 1. The second-order valence-corrected chi connectivity index (χ2v) is 9.32. The molecule has 6 nitrogen and oxygen atoms in total. The van der Waals surface area contributed by atoms with Gasteiger partial charge >= 0.3 is 0 Å². The van der Waals surface area contributed by atoms with E-state index in [9.17, 15) is 13.2 Å². The van der Waals surface area contributed by atoms with E-state index in [0.29, 0.717) is 18.8 Å². The highest BCUT2D eigenvalue weighted by Crippen LogP contribution is 2.26. The van der Waals surface area contributed by atoms with Crippen LogP contribution in [0.1, 0.15) is 37.0 Å².